The molecular formula is C14H17FN2S. The van der Waals surface area contributed by atoms with Crippen LogP contribution in [0, 0.1) is 5.82 Å². The first-order valence-electron chi connectivity index (χ1n) is 6.11. The van der Waals surface area contributed by atoms with Crippen LogP contribution in [0.3, 0.4) is 0 Å². The van der Waals surface area contributed by atoms with Crippen LogP contribution in [0.4, 0.5) is 4.39 Å². The van der Waals surface area contributed by atoms with Crippen LogP contribution >= 0.6 is 11.3 Å². The van der Waals surface area contributed by atoms with E-state index in [1.807, 2.05) is 0 Å². The third-order valence-corrected chi connectivity index (χ3v) is 3.99. The van der Waals surface area contributed by atoms with Gasteiger partial charge < -0.3 is 5.32 Å². The van der Waals surface area contributed by atoms with Crippen molar-refractivity contribution in [3.05, 3.63) is 52.2 Å². The highest BCUT2D eigenvalue weighted by Crippen LogP contribution is 2.23. The fraction of sp³-hybridized carbons (Fsp3) is 0.357. The second-order valence-electron chi connectivity index (χ2n) is 4.27. The molecule has 2 aromatic heterocycles. The number of halogens is 1. The van der Waals surface area contributed by atoms with E-state index in [0.717, 1.165) is 12.1 Å². The topological polar surface area (TPSA) is 24.9 Å². The molecule has 0 aliphatic carbocycles. The first kappa shape index (κ1) is 13.2. The maximum absolute atomic E-state index is 12.9. The van der Waals surface area contributed by atoms with E-state index in [-0.39, 0.29) is 17.9 Å². The molecule has 0 bridgehead atoms. The van der Waals surface area contributed by atoms with Crippen LogP contribution in [0.5, 0.6) is 0 Å². The van der Waals surface area contributed by atoms with Crippen molar-refractivity contribution in [1.29, 1.82) is 0 Å². The Morgan fingerprint density at radius 1 is 1.39 bits per heavy atom. The van der Waals surface area contributed by atoms with Crippen molar-refractivity contribution in [2.75, 3.05) is 0 Å². The van der Waals surface area contributed by atoms with Crippen LogP contribution in [-0.2, 0) is 0 Å². The van der Waals surface area contributed by atoms with Crippen LogP contribution in [0.1, 0.15) is 42.9 Å². The van der Waals surface area contributed by atoms with E-state index in [1.54, 1.807) is 17.4 Å². The van der Waals surface area contributed by atoms with Gasteiger partial charge in [-0.3, -0.25) is 4.98 Å². The molecule has 0 aliphatic heterocycles. The lowest BCUT2D eigenvalue weighted by atomic mass is 10.1. The molecule has 2 atom stereocenters. The monoisotopic (exact) mass is 264 g/mol. The van der Waals surface area contributed by atoms with Gasteiger partial charge in [-0.15, -0.1) is 11.3 Å². The normalized spacial score (nSPS) is 14.4. The smallest absolute Gasteiger partial charge is 0.141 e. The van der Waals surface area contributed by atoms with Gasteiger partial charge in [0.05, 0.1) is 11.9 Å². The zero-order valence-electron chi connectivity index (χ0n) is 10.6. The lowest BCUT2D eigenvalue weighted by Crippen LogP contribution is -2.24. The summed E-state index contributed by atoms with van der Waals surface area (Å²) >= 11 is 1.74. The highest BCUT2D eigenvalue weighted by atomic mass is 32.1. The number of nitrogens with one attached hydrogen (secondary N) is 1. The molecule has 1 unspecified atom stereocenters. The lowest BCUT2D eigenvalue weighted by molar-refractivity contribution is 0.450. The maximum atomic E-state index is 12.9. The molecule has 1 N–H and O–H groups in total. The summed E-state index contributed by atoms with van der Waals surface area (Å²) in [4.78, 5) is 5.45. The highest BCUT2D eigenvalue weighted by molar-refractivity contribution is 7.10. The Balaban J connectivity index is 2.07. The van der Waals surface area contributed by atoms with E-state index >= 15 is 0 Å². The fourth-order valence-corrected chi connectivity index (χ4v) is 2.67. The number of hydrogen-bond acceptors (Lipinski definition) is 3. The quantitative estimate of drug-likeness (QED) is 0.880. The molecule has 0 fully saturated rings. The van der Waals surface area contributed by atoms with Gasteiger partial charge in [-0.05, 0) is 36.9 Å². The van der Waals surface area contributed by atoms with Crippen molar-refractivity contribution in [1.82, 2.24) is 10.3 Å². The summed E-state index contributed by atoms with van der Waals surface area (Å²) in [5.41, 5.74) is 0.891. The minimum Gasteiger partial charge on any atom is -0.301 e. The summed E-state index contributed by atoms with van der Waals surface area (Å²) in [7, 11) is 0. The summed E-state index contributed by atoms with van der Waals surface area (Å²) < 4.78 is 12.9. The van der Waals surface area contributed by atoms with E-state index in [4.69, 9.17) is 0 Å². The second kappa shape index (κ2) is 6.07. The highest BCUT2D eigenvalue weighted by Gasteiger charge is 2.15. The van der Waals surface area contributed by atoms with Gasteiger partial charge in [0, 0.05) is 17.0 Å². The van der Waals surface area contributed by atoms with Gasteiger partial charge in [-0.2, -0.15) is 0 Å². The largest absolute Gasteiger partial charge is 0.301 e. The van der Waals surface area contributed by atoms with Crippen LogP contribution in [-0.4, -0.2) is 4.98 Å². The number of pyridine rings is 1. The number of nitrogens with zero attached hydrogens (tertiary/aromatic N) is 1. The summed E-state index contributed by atoms with van der Waals surface area (Å²) in [6.07, 6.45) is 2.20. The van der Waals surface area contributed by atoms with Crippen LogP contribution in [0.15, 0.2) is 35.8 Å². The molecule has 2 aromatic rings. The predicted octanol–water partition coefficient (Wildman–Crippen LogP) is 4.08. The molecule has 0 saturated carbocycles. The van der Waals surface area contributed by atoms with Gasteiger partial charge in [-0.25, -0.2) is 4.39 Å². The molecule has 2 heterocycles. The van der Waals surface area contributed by atoms with Crippen LogP contribution in [0.25, 0.3) is 0 Å². The molecule has 4 heteroatoms. The van der Waals surface area contributed by atoms with Crippen molar-refractivity contribution in [2.45, 2.75) is 32.4 Å². The van der Waals surface area contributed by atoms with Crippen molar-refractivity contribution in [3.63, 3.8) is 0 Å². The predicted molar refractivity (Wildman–Crippen MR) is 73.1 cm³/mol. The molecule has 18 heavy (non-hydrogen) atoms. The molecule has 0 spiro atoms. The van der Waals surface area contributed by atoms with Gasteiger partial charge in [-0.1, -0.05) is 13.0 Å². The lowest BCUT2D eigenvalue weighted by Gasteiger charge is -2.21. The molecule has 0 aliphatic rings. The molecule has 2 rings (SSSR count). The minimum atomic E-state index is -0.292. The Morgan fingerprint density at radius 2 is 2.22 bits per heavy atom. The Labute approximate surface area is 111 Å². The number of thiophene rings is 1. The SMILES string of the molecule is CCC(N[C@H](C)c1cccs1)c1ccc(F)cn1. The average molecular weight is 264 g/mol. The van der Waals surface area contributed by atoms with Crippen molar-refractivity contribution < 1.29 is 4.39 Å². The summed E-state index contributed by atoms with van der Waals surface area (Å²) in [6.45, 7) is 4.24. The first-order chi connectivity index (χ1) is 8.70. The third-order valence-electron chi connectivity index (χ3n) is 2.94. The third kappa shape index (κ3) is 3.15. The van der Waals surface area contributed by atoms with E-state index in [0.29, 0.717) is 0 Å². The van der Waals surface area contributed by atoms with Crippen LogP contribution < -0.4 is 5.32 Å². The zero-order chi connectivity index (χ0) is 13.0. The maximum Gasteiger partial charge on any atom is 0.141 e. The van der Waals surface area contributed by atoms with Crippen molar-refractivity contribution >= 4 is 11.3 Å². The molecule has 0 amide bonds. The molecule has 0 radical (unpaired) electrons. The Morgan fingerprint density at radius 3 is 2.78 bits per heavy atom. The average Bonchev–Trinajstić information content (AvgIpc) is 2.91. The van der Waals surface area contributed by atoms with Crippen molar-refractivity contribution in [2.24, 2.45) is 0 Å². The Bertz CT molecular complexity index is 467. The van der Waals surface area contributed by atoms with Gasteiger partial charge in [0.15, 0.2) is 0 Å². The van der Waals surface area contributed by atoms with E-state index in [9.17, 15) is 4.39 Å². The summed E-state index contributed by atoms with van der Waals surface area (Å²) in [6, 6.07) is 7.81. The standard InChI is InChI=1S/C14H17FN2S/c1-3-12(13-7-6-11(15)9-16-13)17-10(2)14-5-4-8-18-14/h4-10,12,17H,3H2,1-2H3/t10-,12?/m1/s1. The number of rotatable bonds is 5. The van der Waals surface area contributed by atoms with E-state index in [1.165, 1.54) is 17.1 Å². The summed E-state index contributed by atoms with van der Waals surface area (Å²) in [5, 5.41) is 5.60. The minimum absolute atomic E-state index is 0.155. The fourth-order valence-electron chi connectivity index (χ4n) is 1.93. The molecule has 96 valence electrons. The van der Waals surface area contributed by atoms with E-state index < -0.39 is 0 Å². The van der Waals surface area contributed by atoms with Gasteiger partial charge in [0.25, 0.3) is 0 Å². The van der Waals surface area contributed by atoms with Gasteiger partial charge >= 0.3 is 0 Å². The van der Waals surface area contributed by atoms with E-state index in [2.05, 4.69) is 41.7 Å². The summed E-state index contributed by atoms with van der Waals surface area (Å²) in [5.74, 6) is -0.292. The molecule has 2 nitrogen and oxygen atoms in total. The molecule has 0 saturated heterocycles. The second-order valence-corrected chi connectivity index (χ2v) is 5.25. The van der Waals surface area contributed by atoms with Crippen LogP contribution in [0.2, 0.25) is 0 Å². The molecule has 0 aromatic carbocycles. The van der Waals surface area contributed by atoms with Gasteiger partial charge in [0.2, 0.25) is 0 Å². The Kier molecular flexibility index (Phi) is 4.44. The molecular weight excluding hydrogens is 247 g/mol. The van der Waals surface area contributed by atoms with Crippen molar-refractivity contribution in [3.8, 4) is 0 Å². The first-order valence-corrected chi connectivity index (χ1v) is 6.99. The van der Waals surface area contributed by atoms with Gasteiger partial charge in [0.1, 0.15) is 5.82 Å². The Hall–Kier alpha value is -1.26. The zero-order valence-corrected chi connectivity index (χ0v) is 11.4. The number of aromatic nitrogens is 1. The number of hydrogen-bond donors (Lipinski definition) is 1.